The van der Waals surface area contributed by atoms with E-state index in [2.05, 4.69) is 9.97 Å². The maximum Gasteiger partial charge on any atom is 0.419 e. The van der Waals surface area contributed by atoms with E-state index in [1.54, 1.807) is 0 Å². The molecule has 0 bridgehead atoms. The smallest absolute Gasteiger partial charge is 0.419 e. The predicted octanol–water partition coefficient (Wildman–Crippen LogP) is 5.38. The number of hydrogen-bond acceptors (Lipinski definition) is 4. The zero-order valence-electron chi connectivity index (χ0n) is 18.2. The lowest BCUT2D eigenvalue weighted by atomic mass is 10.0. The zero-order chi connectivity index (χ0) is 24.1. The molecule has 1 heterocycles. The van der Waals surface area contributed by atoms with E-state index >= 15 is 0 Å². The Morgan fingerprint density at radius 2 is 1.62 bits per heavy atom. The Kier molecular flexibility index (Phi) is 7.00. The molecule has 0 saturated heterocycles. The van der Waals surface area contributed by atoms with Crippen LogP contribution in [-0.4, -0.2) is 28.3 Å². The lowest BCUT2D eigenvalue weighted by Crippen LogP contribution is -2.15. The number of benzene rings is 3. The van der Waals surface area contributed by atoms with Crippen molar-refractivity contribution < 1.29 is 23.0 Å². The molecule has 176 valence electrons. The Balaban J connectivity index is 1.46. The summed E-state index contributed by atoms with van der Waals surface area (Å²) in [5.41, 5.74) is 8.64. The summed E-state index contributed by atoms with van der Waals surface area (Å²) in [4.78, 5) is 6.89. The van der Waals surface area contributed by atoms with Crippen LogP contribution in [0.4, 0.5) is 13.2 Å². The summed E-state index contributed by atoms with van der Waals surface area (Å²) in [5.74, 6) is 0.0635. The molecule has 1 atom stereocenters. The summed E-state index contributed by atoms with van der Waals surface area (Å²) in [6.07, 6.45) is -2.73. The number of aromatic nitrogens is 2. The topological polar surface area (TPSA) is 84.2 Å². The number of hydrogen-bond donors (Lipinski definition) is 3. The van der Waals surface area contributed by atoms with Crippen molar-refractivity contribution in [2.75, 3.05) is 13.2 Å². The zero-order valence-corrected chi connectivity index (χ0v) is 18.2. The molecule has 4 aromatic rings. The second-order valence-corrected chi connectivity index (χ2v) is 7.84. The Morgan fingerprint density at radius 1 is 0.941 bits per heavy atom. The van der Waals surface area contributed by atoms with Gasteiger partial charge >= 0.3 is 6.18 Å². The molecule has 1 unspecified atom stereocenters. The molecule has 0 aliphatic carbocycles. The third kappa shape index (κ3) is 5.47. The van der Waals surface area contributed by atoms with Crippen molar-refractivity contribution in [1.82, 2.24) is 9.97 Å². The maximum absolute atomic E-state index is 13.7. The van der Waals surface area contributed by atoms with Crippen LogP contribution in [0.25, 0.3) is 22.4 Å². The van der Waals surface area contributed by atoms with Crippen molar-refractivity contribution >= 4 is 0 Å². The number of nitrogens with zero attached hydrogens (tertiary/aromatic N) is 1. The van der Waals surface area contributed by atoms with Crippen LogP contribution >= 0.6 is 0 Å². The predicted molar refractivity (Wildman–Crippen MR) is 124 cm³/mol. The van der Waals surface area contributed by atoms with Crippen LogP contribution in [0.15, 0.2) is 79.0 Å². The van der Waals surface area contributed by atoms with Gasteiger partial charge in [0.15, 0.2) is 0 Å². The van der Waals surface area contributed by atoms with Gasteiger partial charge in [0, 0.05) is 12.0 Å². The first-order chi connectivity index (χ1) is 16.3. The van der Waals surface area contributed by atoms with Crippen LogP contribution in [-0.2, 0) is 12.6 Å². The lowest BCUT2D eigenvalue weighted by Gasteiger charge is -2.15. The third-order valence-corrected chi connectivity index (χ3v) is 5.45. The second kappa shape index (κ2) is 10.1. The van der Waals surface area contributed by atoms with Crippen LogP contribution in [0.5, 0.6) is 5.75 Å². The van der Waals surface area contributed by atoms with E-state index in [0.29, 0.717) is 23.5 Å². The summed E-state index contributed by atoms with van der Waals surface area (Å²) >= 11 is 0. The fourth-order valence-corrected chi connectivity index (χ4v) is 3.58. The highest BCUT2D eigenvalue weighted by Gasteiger charge is 2.35. The van der Waals surface area contributed by atoms with Crippen LogP contribution in [0, 0.1) is 0 Å². The molecule has 0 amide bonds. The number of halogens is 3. The minimum atomic E-state index is -4.59. The SMILES string of the molecule is NC(CO)c1ncc(-c2ccc(OCCc3ccc(-c4ccccc4)cc3)c(C(F)(F)F)c2)[nH]1. The fraction of sp³-hybridized carbons (Fsp3) is 0.192. The molecule has 4 rings (SSSR count). The summed E-state index contributed by atoms with van der Waals surface area (Å²) in [6.45, 7) is -0.227. The van der Waals surface area contributed by atoms with Gasteiger partial charge in [0.25, 0.3) is 0 Å². The molecule has 0 fully saturated rings. The first-order valence-corrected chi connectivity index (χ1v) is 10.8. The molecule has 5 nitrogen and oxygen atoms in total. The number of ether oxygens (including phenoxy) is 1. The standard InChI is InChI=1S/C26H24F3N3O2/c27-26(28,29)21-14-20(23-15-31-25(32-23)22(30)16-33)10-11-24(21)34-13-12-17-6-8-19(9-7-17)18-4-2-1-3-5-18/h1-11,14-15,22,33H,12-13,16,30H2,(H,31,32). The van der Waals surface area contributed by atoms with Crippen molar-refractivity contribution in [3.63, 3.8) is 0 Å². The van der Waals surface area contributed by atoms with Crippen molar-refractivity contribution in [2.24, 2.45) is 5.73 Å². The van der Waals surface area contributed by atoms with E-state index in [-0.39, 0.29) is 19.0 Å². The largest absolute Gasteiger partial charge is 0.493 e. The summed E-state index contributed by atoms with van der Waals surface area (Å²) in [6, 6.07) is 20.9. The second-order valence-electron chi connectivity index (χ2n) is 7.84. The molecule has 0 aliphatic heterocycles. The van der Waals surface area contributed by atoms with Crippen LogP contribution < -0.4 is 10.5 Å². The summed E-state index contributed by atoms with van der Waals surface area (Å²) < 4.78 is 46.7. The quantitative estimate of drug-likeness (QED) is 0.325. The molecular formula is C26H24F3N3O2. The van der Waals surface area contributed by atoms with Gasteiger partial charge in [0.05, 0.1) is 36.7 Å². The van der Waals surface area contributed by atoms with Crippen LogP contribution in [0.1, 0.15) is 23.0 Å². The van der Waals surface area contributed by atoms with E-state index in [1.807, 2.05) is 54.6 Å². The van der Waals surface area contributed by atoms with Gasteiger partial charge < -0.3 is 20.6 Å². The number of aromatic amines is 1. The molecule has 0 saturated carbocycles. The summed E-state index contributed by atoms with van der Waals surface area (Å²) in [7, 11) is 0. The van der Waals surface area contributed by atoms with Crippen molar-refractivity contribution in [3.05, 3.63) is 95.9 Å². The number of alkyl halides is 3. The molecule has 0 aliphatic rings. The minimum Gasteiger partial charge on any atom is -0.493 e. The third-order valence-electron chi connectivity index (χ3n) is 5.45. The van der Waals surface area contributed by atoms with E-state index in [9.17, 15) is 13.2 Å². The van der Waals surface area contributed by atoms with Crippen molar-refractivity contribution in [1.29, 1.82) is 0 Å². The van der Waals surface area contributed by atoms with Gasteiger partial charge in [0.2, 0.25) is 0 Å². The Bertz CT molecular complexity index is 1220. The van der Waals surface area contributed by atoms with Gasteiger partial charge in [0.1, 0.15) is 11.6 Å². The number of imidazole rings is 1. The van der Waals surface area contributed by atoms with Crippen LogP contribution in [0.3, 0.4) is 0 Å². The van der Waals surface area contributed by atoms with Gasteiger partial charge in [-0.25, -0.2) is 4.98 Å². The Labute approximate surface area is 195 Å². The number of nitrogens with one attached hydrogen (secondary N) is 1. The van der Waals surface area contributed by atoms with Crippen molar-refractivity contribution in [2.45, 2.75) is 18.6 Å². The monoisotopic (exact) mass is 467 g/mol. The number of aliphatic hydroxyl groups excluding tert-OH is 1. The van der Waals surface area contributed by atoms with Gasteiger partial charge in [-0.15, -0.1) is 0 Å². The number of H-pyrrole nitrogens is 1. The average Bonchev–Trinajstić information content (AvgIpc) is 3.34. The molecule has 3 aromatic carbocycles. The molecule has 8 heteroatoms. The Morgan fingerprint density at radius 3 is 2.29 bits per heavy atom. The number of aliphatic hydroxyl groups is 1. The molecule has 4 N–H and O–H groups in total. The van der Waals surface area contributed by atoms with E-state index in [4.69, 9.17) is 15.6 Å². The van der Waals surface area contributed by atoms with E-state index in [1.165, 1.54) is 18.3 Å². The minimum absolute atomic E-state index is 0.104. The fourth-order valence-electron chi connectivity index (χ4n) is 3.58. The summed E-state index contributed by atoms with van der Waals surface area (Å²) in [5, 5.41) is 9.14. The van der Waals surface area contributed by atoms with E-state index in [0.717, 1.165) is 22.8 Å². The number of rotatable bonds is 8. The highest BCUT2D eigenvalue weighted by Crippen LogP contribution is 2.38. The highest BCUT2D eigenvalue weighted by atomic mass is 19.4. The number of nitrogens with two attached hydrogens (primary N) is 1. The van der Waals surface area contributed by atoms with Crippen LogP contribution in [0.2, 0.25) is 0 Å². The molecule has 1 aromatic heterocycles. The van der Waals surface area contributed by atoms with E-state index < -0.39 is 17.8 Å². The Hall–Kier alpha value is -3.62. The molecular weight excluding hydrogens is 443 g/mol. The highest BCUT2D eigenvalue weighted by molar-refractivity contribution is 5.64. The van der Waals surface area contributed by atoms with Gasteiger partial charge in [-0.3, -0.25) is 0 Å². The first kappa shape index (κ1) is 23.5. The lowest BCUT2D eigenvalue weighted by molar-refractivity contribution is -0.138. The average molecular weight is 467 g/mol. The maximum atomic E-state index is 13.7. The van der Waals surface area contributed by atoms with Gasteiger partial charge in [-0.1, -0.05) is 54.6 Å². The molecule has 0 spiro atoms. The molecule has 0 radical (unpaired) electrons. The van der Waals surface area contributed by atoms with Crippen molar-refractivity contribution in [3.8, 4) is 28.1 Å². The van der Waals surface area contributed by atoms with Gasteiger partial charge in [-0.05, 0) is 34.9 Å². The van der Waals surface area contributed by atoms with Gasteiger partial charge in [-0.2, -0.15) is 13.2 Å². The normalized spacial score (nSPS) is 12.5. The first-order valence-electron chi connectivity index (χ1n) is 10.8. The molecule has 34 heavy (non-hydrogen) atoms.